The molecule has 9 heteroatoms. The molecule has 1 aliphatic rings. The summed E-state index contributed by atoms with van der Waals surface area (Å²) in [6.07, 6.45) is 4.05. The van der Waals surface area contributed by atoms with Crippen molar-refractivity contribution >= 4 is 22.3 Å². The number of H-pyrrole nitrogens is 1. The number of hydrogen-bond acceptors (Lipinski definition) is 5. The molecule has 1 fully saturated rings. The highest BCUT2D eigenvalue weighted by molar-refractivity contribution is 5.82. The molecule has 1 amide bonds. The molecule has 0 aliphatic carbocycles. The maximum atomic E-state index is 13.3. The molecule has 0 saturated carbocycles. The number of rotatable bonds is 4. The predicted octanol–water partition coefficient (Wildman–Crippen LogP) is 2.26. The number of amides is 1. The molecular formula is C24H26N6O3. The lowest BCUT2D eigenvalue weighted by atomic mass is 9.94. The van der Waals surface area contributed by atoms with E-state index in [4.69, 9.17) is 0 Å². The van der Waals surface area contributed by atoms with Crippen molar-refractivity contribution < 1.29 is 4.79 Å². The van der Waals surface area contributed by atoms with Crippen molar-refractivity contribution in [3.8, 4) is 0 Å². The molecule has 33 heavy (non-hydrogen) atoms. The topological polar surface area (TPSA) is 105 Å². The summed E-state index contributed by atoms with van der Waals surface area (Å²) >= 11 is 0. The van der Waals surface area contributed by atoms with Crippen LogP contribution in [-0.4, -0.2) is 48.3 Å². The van der Waals surface area contributed by atoms with E-state index in [0.717, 1.165) is 29.6 Å². The highest BCUT2D eigenvalue weighted by Crippen LogP contribution is 2.27. The first kappa shape index (κ1) is 21.1. The van der Waals surface area contributed by atoms with E-state index in [9.17, 15) is 14.4 Å². The van der Waals surface area contributed by atoms with Crippen molar-refractivity contribution in [2.75, 3.05) is 13.1 Å². The molecule has 1 aromatic carbocycles. The first-order chi connectivity index (χ1) is 16.0. The Bertz CT molecular complexity index is 1470. The Balaban J connectivity index is 1.40. The van der Waals surface area contributed by atoms with E-state index in [2.05, 4.69) is 15.2 Å². The van der Waals surface area contributed by atoms with Crippen LogP contribution in [-0.2, 0) is 11.2 Å². The SMILES string of the molecule is CCc1cc(=O)n2[nH]c(C3CCCN(C(=O)C(C)n4ncc5ccccc5c4=O)C3)cc2n1. The van der Waals surface area contributed by atoms with Gasteiger partial charge in [-0.05, 0) is 32.3 Å². The largest absolute Gasteiger partial charge is 0.340 e. The monoisotopic (exact) mass is 446 g/mol. The van der Waals surface area contributed by atoms with Crippen molar-refractivity contribution in [2.24, 2.45) is 0 Å². The summed E-state index contributed by atoms with van der Waals surface area (Å²) in [5.41, 5.74) is 1.84. The van der Waals surface area contributed by atoms with Crippen LogP contribution in [0.25, 0.3) is 16.4 Å². The second-order valence-electron chi connectivity index (χ2n) is 8.63. The number of hydrogen-bond donors (Lipinski definition) is 1. The minimum atomic E-state index is -0.708. The van der Waals surface area contributed by atoms with Gasteiger partial charge in [-0.3, -0.25) is 19.5 Å². The molecule has 4 heterocycles. The van der Waals surface area contributed by atoms with Gasteiger partial charge in [0.25, 0.3) is 11.1 Å². The molecule has 2 atom stereocenters. The van der Waals surface area contributed by atoms with Crippen molar-refractivity contribution in [3.63, 3.8) is 0 Å². The fourth-order valence-corrected chi connectivity index (χ4v) is 4.63. The number of nitrogens with zero attached hydrogens (tertiary/aromatic N) is 5. The van der Waals surface area contributed by atoms with Crippen LogP contribution in [0.1, 0.15) is 50.0 Å². The zero-order chi connectivity index (χ0) is 23.1. The van der Waals surface area contributed by atoms with Crippen LogP contribution in [0.2, 0.25) is 0 Å². The third-order valence-electron chi connectivity index (χ3n) is 6.50. The van der Waals surface area contributed by atoms with Crippen molar-refractivity contribution in [1.29, 1.82) is 0 Å². The summed E-state index contributed by atoms with van der Waals surface area (Å²) in [5.74, 6) is -0.0772. The summed E-state index contributed by atoms with van der Waals surface area (Å²) in [5, 5.41) is 8.73. The van der Waals surface area contributed by atoms with Crippen LogP contribution < -0.4 is 11.1 Å². The van der Waals surface area contributed by atoms with Crippen LogP contribution in [0.3, 0.4) is 0 Å². The number of likely N-dealkylation sites (tertiary alicyclic amines) is 1. The van der Waals surface area contributed by atoms with Crippen molar-refractivity contribution in [2.45, 2.75) is 45.1 Å². The standard InChI is InChI=1S/C24H26N6O3/c1-3-18-11-22(31)30-21(26-18)12-20(27-30)17-8-6-10-28(14-17)23(32)15(2)29-24(33)19-9-5-4-7-16(19)13-25-29/h4-5,7,9,11-13,15,17,27H,3,6,8,10,14H2,1-2H3. The van der Waals surface area contributed by atoms with Gasteiger partial charge in [0.05, 0.1) is 11.6 Å². The molecule has 170 valence electrons. The van der Waals surface area contributed by atoms with Crippen LogP contribution in [0.15, 0.2) is 52.2 Å². The number of fused-ring (bicyclic) bond motifs is 2. The van der Waals surface area contributed by atoms with E-state index in [1.807, 2.05) is 25.1 Å². The number of piperidine rings is 1. The summed E-state index contributed by atoms with van der Waals surface area (Å²) in [4.78, 5) is 44.9. The van der Waals surface area contributed by atoms with E-state index in [0.29, 0.717) is 30.5 Å². The number of aromatic amines is 1. The first-order valence-electron chi connectivity index (χ1n) is 11.3. The lowest BCUT2D eigenvalue weighted by molar-refractivity contribution is -0.135. The Hall–Kier alpha value is -3.75. The zero-order valence-corrected chi connectivity index (χ0v) is 18.7. The Morgan fingerprint density at radius 2 is 2.06 bits per heavy atom. The molecular weight excluding hydrogens is 420 g/mol. The Labute approximate surface area is 189 Å². The molecule has 9 nitrogen and oxygen atoms in total. The third-order valence-corrected chi connectivity index (χ3v) is 6.50. The Morgan fingerprint density at radius 3 is 2.88 bits per heavy atom. The predicted molar refractivity (Wildman–Crippen MR) is 124 cm³/mol. The zero-order valence-electron chi connectivity index (χ0n) is 18.7. The first-order valence-corrected chi connectivity index (χ1v) is 11.3. The number of nitrogens with one attached hydrogen (secondary N) is 1. The number of benzene rings is 1. The third kappa shape index (κ3) is 3.73. The molecule has 0 bridgehead atoms. The molecule has 0 radical (unpaired) electrons. The van der Waals surface area contributed by atoms with E-state index in [1.165, 1.54) is 9.20 Å². The lowest BCUT2D eigenvalue weighted by Crippen LogP contribution is -2.44. The van der Waals surface area contributed by atoms with Gasteiger partial charge < -0.3 is 4.90 Å². The van der Waals surface area contributed by atoms with Crippen LogP contribution in [0.4, 0.5) is 0 Å². The summed E-state index contributed by atoms with van der Waals surface area (Å²) in [7, 11) is 0. The Morgan fingerprint density at radius 1 is 1.24 bits per heavy atom. The van der Waals surface area contributed by atoms with Gasteiger partial charge in [-0.25, -0.2) is 14.2 Å². The fourth-order valence-electron chi connectivity index (χ4n) is 4.63. The quantitative estimate of drug-likeness (QED) is 0.518. The van der Waals surface area contributed by atoms with E-state index in [1.54, 1.807) is 36.2 Å². The average molecular weight is 447 g/mol. The average Bonchev–Trinajstić information content (AvgIpc) is 3.28. The van der Waals surface area contributed by atoms with Gasteiger partial charge in [-0.15, -0.1) is 0 Å². The summed E-state index contributed by atoms with van der Waals surface area (Å²) in [6, 6.07) is 9.98. The number of carbonyl (C=O) groups is 1. The normalized spacial score (nSPS) is 17.5. The maximum Gasteiger partial charge on any atom is 0.275 e. The van der Waals surface area contributed by atoms with Crippen LogP contribution in [0, 0.1) is 0 Å². The molecule has 5 rings (SSSR count). The number of aryl methyl sites for hydroxylation is 1. The highest BCUT2D eigenvalue weighted by Gasteiger charge is 2.30. The molecule has 4 aromatic rings. The van der Waals surface area contributed by atoms with Gasteiger partial charge in [0.1, 0.15) is 6.04 Å². The van der Waals surface area contributed by atoms with Gasteiger partial charge in [0, 0.05) is 47.9 Å². The highest BCUT2D eigenvalue weighted by atomic mass is 16.2. The van der Waals surface area contributed by atoms with Gasteiger partial charge in [0.2, 0.25) is 5.91 Å². The minimum Gasteiger partial charge on any atom is -0.340 e. The maximum absolute atomic E-state index is 13.3. The summed E-state index contributed by atoms with van der Waals surface area (Å²) in [6.45, 7) is 4.81. The van der Waals surface area contributed by atoms with Crippen molar-refractivity contribution in [1.82, 2.24) is 29.3 Å². The molecule has 0 spiro atoms. The summed E-state index contributed by atoms with van der Waals surface area (Å²) < 4.78 is 2.73. The fraction of sp³-hybridized carbons (Fsp3) is 0.375. The van der Waals surface area contributed by atoms with Gasteiger partial charge >= 0.3 is 0 Å². The van der Waals surface area contributed by atoms with Crippen molar-refractivity contribution in [3.05, 3.63) is 74.7 Å². The van der Waals surface area contributed by atoms with Gasteiger partial charge in [-0.1, -0.05) is 25.1 Å². The second-order valence-corrected chi connectivity index (χ2v) is 8.63. The molecule has 2 unspecified atom stereocenters. The van der Waals surface area contributed by atoms with Gasteiger partial charge in [0.15, 0.2) is 5.65 Å². The lowest BCUT2D eigenvalue weighted by Gasteiger charge is -2.34. The molecule has 1 saturated heterocycles. The second kappa shape index (κ2) is 8.31. The van der Waals surface area contributed by atoms with Crippen LogP contribution in [0.5, 0.6) is 0 Å². The van der Waals surface area contributed by atoms with Crippen LogP contribution >= 0.6 is 0 Å². The van der Waals surface area contributed by atoms with E-state index in [-0.39, 0.29) is 22.9 Å². The number of carbonyl (C=O) groups excluding carboxylic acids is 1. The van der Waals surface area contributed by atoms with Gasteiger partial charge in [-0.2, -0.15) is 5.10 Å². The molecule has 1 aliphatic heterocycles. The Kier molecular flexibility index (Phi) is 5.32. The smallest absolute Gasteiger partial charge is 0.275 e. The molecule has 3 aromatic heterocycles. The molecule has 1 N–H and O–H groups in total. The number of aromatic nitrogens is 5. The minimum absolute atomic E-state index is 0.0577. The van der Waals surface area contributed by atoms with E-state index < -0.39 is 6.04 Å². The van der Waals surface area contributed by atoms with E-state index >= 15 is 0 Å².